The van der Waals surface area contributed by atoms with E-state index in [0.717, 1.165) is 36.3 Å². The molecule has 1 amide bonds. The molecule has 1 atom stereocenters. The van der Waals surface area contributed by atoms with Crippen LogP contribution in [0.15, 0.2) is 45.9 Å². The van der Waals surface area contributed by atoms with Crippen LogP contribution >= 0.6 is 0 Å². The van der Waals surface area contributed by atoms with Gasteiger partial charge in [-0.05, 0) is 31.9 Å². The van der Waals surface area contributed by atoms with Crippen LogP contribution in [0.25, 0.3) is 11.3 Å². The van der Waals surface area contributed by atoms with Crippen molar-refractivity contribution in [3.63, 3.8) is 0 Å². The van der Waals surface area contributed by atoms with E-state index in [-0.39, 0.29) is 11.8 Å². The summed E-state index contributed by atoms with van der Waals surface area (Å²) in [4.78, 5) is 23.0. The number of furan rings is 1. The lowest BCUT2D eigenvalue weighted by molar-refractivity contribution is 0.0674. The lowest BCUT2D eigenvalue weighted by Gasteiger charge is -2.32. The number of piperidine rings is 1. The second-order valence-corrected chi connectivity index (χ2v) is 6.22. The molecule has 0 radical (unpaired) electrons. The normalized spacial score (nSPS) is 17.6. The highest BCUT2D eigenvalue weighted by molar-refractivity contribution is 5.91. The molecule has 3 aromatic heterocycles. The number of likely N-dealkylation sites (tertiary alicyclic amines) is 1. The van der Waals surface area contributed by atoms with Gasteiger partial charge in [-0.3, -0.25) is 4.79 Å². The molecule has 128 valence electrons. The van der Waals surface area contributed by atoms with E-state index in [0.29, 0.717) is 18.1 Å². The molecule has 4 rings (SSSR count). The first kappa shape index (κ1) is 15.6. The highest BCUT2D eigenvalue weighted by Crippen LogP contribution is 2.33. The van der Waals surface area contributed by atoms with Crippen LogP contribution in [-0.4, -0.2) is 39.0 Å². The quantitative estimate of drug-likeness (QED) is 0.729. The number of aryl methyl sites for hydroxylation is 1. The average Bonchev–Trinajstić information content (AvgIpc) is 3.33. The van der Waals surface area contributed by atoms with Gasteiger partial charge in [-0.2, -0.15) is 0 Å². The van der Waals surface area contributed by atoms with Gasteiger partial charge in [-0.1, -0.05) is 5.16 Å². The number of hydrogen-bond donors (Lipinski definition) is 0. The molecule has 1 aliphatic heterocycles. The van der Waals surface area contributed by atoms with Crippen LogP contribution in [0.5, 0.6) is 0 Å². The van der Waals surface area contributed by atoms with Crippen molar-refractivity contribution in [3.05, 3.63) is 54.1 Å². The van der Waals surface area contributed by atoms with Gasteiger partial charge in [0.1, 0.15) is 6.33 Å². The van der Waals surface area contributed by atoms with Crippen LogP contribution < -0.4 is 0 Å². The third-order valence-corrected chi connectivity index (χ3v) is 4.46. The van der Waals surface area contributed by atoms with Gasteiger partial charge in [-0.25, -0.2) is 9.97 Å². The van der Waals surface area contributed by atoms with Gasteiger partial charge in [0.2, 0.25) is 0 Å². The summed E-state index contributed by atoms with van der Waals surface area (Å²) in [6.45, 7) is 3.19. The average molecular weight is 338 g/mol. The number of amides is 1. The summed E-state index contributed by atoms with van der Waals surface area (Å²) in [6, 6.07) is 5.29. The molecule has 4 heterocycles. The Labute approximate surface area is 144 Å². The lowest BCUT2D eigenvalue weighted by Crippen LogP contribution is -2.39. The van der Waals surface area contributed by atoms with E-state index in [2.05, 4.69) is 15.1 Å². The number of nitrogens with zero attached hydrogens (tertiary/aromatic N) is 4. The summed E-state index contributed by atoms with van der Waals surface area (Å²) in [5, 5.41) is 3.95. The molecule has 1 aliphatic rings. The van der Waals surface area contributed by atoms with Crippen molar-refractivity contribution >= 4 is 5.91 Å². The smallest absolute Gasteiger partial charge is 0.289 e. The minimum atomic E-state index is -0.0826. The molecule has 0 aliphatic carbocycles. The third-order valence-electron chi connectivity index (χ3n) is 4.46. The summed E-state index contributed by atoms with van der Waals surface area (Å²) >= 11 is 0. The van der Waals surface area contributed by atoms with Crippen molar-refractivity contribution in [2.45, 2.75) is 25.7 Å². The van der Waals surface area contributed by atoms with E-state index in [9.17, 15) is 4.79 Å². The highest BCUT2D eigenvalue weighted by Gasteiger charge is 2.29. The topological polar surface area (TPSA) is 85.3 Å². The number of hydrogen-bond acceptors (Lipinski definition) is 6. The lowest BCUT2D eigenvalue weighted by atomic mass is 9.91. The van der Waals surface area contributed by atoms with Crippen molar-refractivity contribution in [3.8, 4) is 11.3 Å². The van der Waals surface area contributed by atoms with Gasteiger partial charge >= 0.3 is 0 Å². The van der Waals surface area contributed by atoms with Gasteiger partial charge < -0.3 is 13.8 Å². The number of rotatable bonds is 3. The maximum absolute atomic E-state index is 12.6. The Morgan fingerprint density at radius 2 is 2.32 bits per heavy atom. The van der Waals surface area contributed by atoms with Crippen LogP contribution in [0, 0.1) is 6.92 Å². The zero-order chi connectivity index (χ0) is 17.2. The molecular formula is C18H18N4O3. The molecule has 0 N–H and O–H groups in total. The molecule has 1 saturated heterocycles. The SMILES string of the molecule is Cc1cc(-c2cncnc2[C@@H]2CCCN(C(=O)c3ccco3)C2)on1. The molecule has 7 nitrogen and oxygen atoms in total. The fourth-order valence-electron chi connectivity index (χ4n) is 3.29. The Balaban J connectivity index is 1.61. The maximum Gasteiger partial charge on any atom is 0.289 e. The molecule has 0 spiro atoms. The number of aromatic nitrogens is 3. The van der Waals surface area contributed by atoms with Crippen molar-refractivity contribution in [1.29, 1.82) is 0 Å². The van der Waals surface area contributed by atoms with Gasteiger partial charge in [0, 0.05) is 31.3 Å². The van der Waals surface area contributed by atoms with Gasteiger partial charge in [-0.15, -0.1) is 0 Å². The highest BCUT2D eigenvalue weighted by atomic mass is 16.5. The Hall–Kier alpha value is -2.96. The van der Waals surface area contributed by atoms with E-state index < -0.39 is 0 Å². The largest absolute Gasteiger partial charge is 0.459 e. The summed E-state index contributed by atoms with van der Waals surface area (Å²) in [5.74, 6) is 1.06. The zero-order valence-corrected chi connectivity index (χ0v) is 13.9. The first-order valence-electron chi connectivity index (χ1n) is 8.29. The van der Waals surface area contributed by atoms with Gasteiger partial charge in [0.05, 0.1) is 23.2 Å². The first-order valence-corrected chi connectivity index (χ1v) is 8.29. The minimum Gasteiger partial charge on any atom is -0.459 e. The molecule has 0 saturated carbocycles. The Morgan fingerprint density at radius 1 is 1.40 bits per heavy atom. The summed E-state index contributed by atoms with van der Waals surface area (Å²) in [6.07, 6.45) is 6.67. The van der Waals surface area contributed by atoms with Crippen molar-refractivity contribution in [2.24, 2.45) is 0 Å². The standard InChI is InChI=1S/C18H18N4O3/c1-12-8-16(25-21-12)14-9-19-11-20-17(14)13-4-2-6-22(10-13)18(23)15-5-3-7-24-15/h3,5,7-9,11,13H,2,4,6,10H2,1H3/t13-/m1/s1. The fourth-order valence-corrected chi connectivity index (χ4v) is 3.29. The van der Waals surface area contributed by atoms with Gasteiger partial charge in [0.15, 0.2) is 11.5 Å². The minimum absolute atomic E-state index is 0.0826. The van der Waals surface area contributed by atoms with E-state index in [1.807, 2.05) is 17.9 Å². The summed E-state index contributed by atoms with van der Waals surface area (Å²) in [7, 11) is 0. The van der Waals surface area contributed by atoms with E-state index in [1.54, 1.807) is 18.3 Å². The fraction of sp³-hybridized carbons (Fsp3) is 0.333. The van der Waals surface area contributed by atoms with Crippen LogP contribution in [0.3, 0.4) is 0 Å². The summed E-state index contributed by atoms with van der Waals surface area (Å²) < 4.78 is 10.6. The van der Waals surface area contributed by atoms with Gasteiger partial charge in [0.25, 0.3) is 5.91 Å². The van der Waals surface area contributed by atoms with E-state index in [4.69, 9.17) is 8.94 Å². The molecule has 7 heteroatoms. The number of carbonyl (C=O) groups excluding carboxylic acids is 1. The van der Waals surface area contributed by atoms with Crippen LogP contribution in [0.2, 0.25) is 0 Å². The zero-order valence-electron chi connectivity index (χ0n) is 13.9. The van der Waals surface area contributed by atoms with E-state index in [1.165, 1.54) is 12.6 Å². The molecule has 1 fully saturated rings. The monoisotopic (exact) mass is 338 g/mol. The second-order valence-electron chi connectivity index (χ2n) is 6.22. The van der Waals surface area contributed by atoms with E-state index >= 15 is 0 Å². The third kappa shape index (κ3) is 3.05. The van der Waals surface area contributed by atoms with Crippen molar-refractivity contribution in [1.82, 2.24) is 20.0 Å². The molecular weight excluding hydrogens is 320 g/mol. The van der Waals surface area contributed by atoms with Crippen molar-refractivity contribution in [2.75, 3.05) is 13.1 Å². The van der Waals surface area contributed by atoms with Crippen molar-refractivity contribution < 1.29 is 13.7 Å². The van der Waals surface area contributed by atoms with Crippen LogP contribution in [0.1, 0.15) is 40.7 Å². The second kappa shape index (κ2) is 6.51. The Bertz CT molecular complexity index is 872. The summed E-state index contributed by atoms with van der Waals surface area (Å²) in [5.41, 5.74) is 2.53. The Morgan fingerprint density at radius 3 is 3.08 bits per heavy atom. The van der Waals surface area contributed by atoms with Crippen LogP contribution in [-0.2, 0) is 0 Å². The molecule has 0 aromatic carbocycles. The molecule has 0 bridgehead atoms. The number of carbonyl (C=O) groups is 1. The maximum atomic E-state index is 12.6. The van der Waals surface area contributed by atoms with Crippen LogP contribution in [0.4, 0.5) is 0 Å². The predicted molar refractivity (Wildman–Crippen MR) is 88.9 cm³/mol. The Kier molecular flexibility index (Phi) is 4.05. The molecule has 3 aromatic rings. The molecule has 0 unspecified atom stereocenters. The first-order chi connectivity index (χ1) is 12.2. The predicted octanol–water partition coefficient (Wildman–Crippen LogP) is 3.05. The molecule has 25 heavy (non-hydrogen) atoms.